The molecule has 0 aromatic heterocycles. The van der Waals surface area contributed by atoms with Crippen LogP contribution in [-0.4, -0.2) is 11.0 Å². The van der Waals surface area contributed by atoms with Crippen LogP contribution in [0, 0.1) is 0 Å². The molecule has 0 aliphatic heterocycles. The normalized spacial score (nSPS) is 26.6. The van der Waals surface area contributed by atoms with E-state index in [-0.39, 0.29) is 0 Å². The van der Waals surface area contributed by atoms with Gasteiger partial charge >= 0.3 is 0 Å². The second-order valence-corrected chi connectivity index (χ2v) is 3.87. The molecule has 52 valence electrons. The molecule has 0 spiro atoms. The Morgan fingerprint density at radius 2 is 2.56 bits per heavy atom. The summed E-state index contributed by atoms with van der Waals surface area (Å²) in [5, 5.41) is 0.837. The van der Waals surface area contributed by atoms with Crippen molar-refractivity contribution in [3.05, 3.63) is 12.2 Å². The fourth-order valence-corrected chi connectivity index (χ4v) is 2.12. The molecule has 1 aliphatic carbocycles. The van der Waals surface area contributed by atoms with Crippen molar-refractivity contribution in [2.75, 3.05) is 5.75 Å². The van der Waals surface area contributed by atoms with Crippen LogP contribution in [0.5, 0.6) is 0 Å². The molecule has 1 aliphatic rings. The summed E-state index contributed by atoms with van der Waals surface area (Å²) in [6.45, 7) is 2.23. The van der Waals surface area contributed by atoms with Crippen molar-refractivity contribution in [3.8, 4) is 0 Å². The van der Waals surface area contributed by atoms with E-state index >= 15 is 0 Å². The summed E-state index contributed by atoms with van der Waals surface area (Å²) < 4.78 is 0. The number of hydrogen-bond donors (Lipinski definition) is 0. The minimum absolute atomic E-state index is 0.837. The third kappa shape index (κ3) is 2.44. The summed E-state index contributed by atoms with van der Waals surface area (Å²) in [6, 6.07) is 0. The quantitative estimate of drug-likeness (QED) is 0.534. The Hall–Kier alpha value is 0.0900. The monoisotopic (exact) mass is 142 g/mol. The molecule has 1 unspecified atom stereocenters. The fourth-order valence-electron chi connectivity index (χ4n) is 1.13. The van der Waals surface area contributed by atoms with E-state index in [4.69, 9.17) is 0 Å². The standard InChI is InChI=1S/C8H14S/c1-2-9-8-6-4-3-5-7-8/h4,6,8H,2-3,5,7H2,1H3. The molecule has 0 N–H and O–H groups in total. The van der Waals surface area contributed by atoms with Crippen molar-refractivity contribution < 1.29 is 0 Å². The van der Waals surface area contributed by atoms with Gasteiger partial charge in [-0.1, -0.05) is 19.1 Å². The highest BCUT2D eigenvalue weighted by Gasteiger charge is 2.05. The first-order valence-corrected chi connectivity index (χ1v) is 4.76. The molecule has 1 atom stereocenters. The van der Waals surface area contributed by atoms with Gasteiger partial charge in [0, 0.05) is 5.25 Å². The first kappa shape index (κ1) is 7.20. The van der Waals surface area contributed by atoms with Crippen LogP contribution < -0.4 is 0 Å². The van der Waals surface area contributed by atoms with E-state index in [0.717, 1.165) is 5.25 Å². The highest BCUT2D eigenvalue weighted by atomic mass is 32.2. The second-order valence-electron chi connectivity index (χ2n) is 2.35. The van der Waals surface area contributed by atoms with E-state index in [1.54, 1.807) is 0 Å². The average Bonchev–Trinajstić information content (AvgIpc) is 1.91. The summed E-state index contributed by atoms with van der Waals surface area (Å²) in [4.78, 5) is 0. The van der Waals surface area contributed by atoms with Gasteiger partial charge in [-0.2, -0.15) is 11.8 Å². The maximum absolute atomic E-state index is 2.36. The molecule has 0 amide bonds. The molecule has 0 saturated carbocycles. The van der Waals surface area contributed by atoms with E-state index in [2.05, 4.69) is 30.8 Å². The smallest absolute Gasteiger partial charge is 0.0227 e. The van der Waals surface area contributed by atoms with Gasteiger partial charge < -0.3 is 0 Å². The van der Waals surface area contributed by atoms with E-state index in [1.165, 1.54) is 25.0 Å². The topological polar surface area (TPSA) is 0 Å². The SMILES string of the molecule is CCSC1C=CCCC1. The molecule has 1 heteroatoms. The van der Waals surface area contributed by atoms with Crippen molar-refractivity contribution >= 4 is 11.8 Å². The lowest BCUT2D eigenvalue weighted by atomic mass is 10.1. The van der Waals surface area contributed by atoms with Crippen molar-refractivity contribution in [2.24, 2.45) is 0 Å². The number of rotatable bonds is 2. The van der Waals surface area contributed by atoms with Crippen LogP contribution in [0.25, 0.3) is 0 Å². The lowest BCUT2D eigenvalue weighted by Crippen LogP contribution is -2.01. The summed E-state index contributed by atoms with van der Waals surface area (Å²) in [7, 11) is 0. The molecule has 0 bridgehead atoms. The number of allylic oxidation sites excluding steroid dienone is 1. The van der Waals surface area contributed by atoms with E-state index in [1.807, 2.05) is 0 Å². The van der Waals surface area contributed by atoms with Gasteiger partial charge in [0.2, 0.25) is 0 Å². The molecule has 9 heavy (non-hydrogen) atoms. The van der Waals surface area contributed by atoms with E-state index < -0.39 is 0 Å². The van der Waals surface area contributed by atoms with Gasteiger partial charge in [-0.3, -0.25) is 0 Å². The molecule has 0 aromatic rings. The van der Waals surface area contributed by atoms with Crippen LogP contribution in [0.2, 0.25) is 0 Å². The molecular formula is C8H14S. The van der Waals surface area contributed by atoms with Crippen LogP contribution in [0.3, 0.4) is 0 Å². The van der Waals surface area contributed by atoms with Crippen molar-refractivity contribution in [1.82, 2.24) is 0 Å². The Morgan fingerprint density at radius 3 is 3.11 bits per heavy atom. The predicted octanol–water partition coefficient (Wildman–Crippen LogP) is 2.85. The lowest BCUT2D eigenvalue weighted by Gasteiger charge is -2.13. The lowest BCUT2D eigenvalue weighted by molar-refractivity contribution is 0.741. The average molecular weight is 142 g/mol. The maximum atomic E-state index is 2.36. The Morgan fingerprint density at radius 1 is 1.67 bits per heavy atom. The molecule has 0 radical (unpaired) electrons. The van der Waals surface area contributed by atoms with Gasteiger partial charge in [-0.15, -0.1) is 0 Å². The Kier molecular flexibility index (Phi) is 3.20. The fraction of sp³-hybridized carbons (Fsp3) is 0.750. The summed E-state index contributed by atoms with van der Waals surface area (Å²) in [5.41, 5.74) is 0. The molecule has 1 rings (SSSR count). The highest BCUT2D eigenvalue weighted by Crippen LogP contribution is 2.22. The van der Waals surface area contributed by atoms with Gasteiger partial charge in [0.05, 0.1) is 0 Å². The van der Waals surface area contributed by atoms with E-state index in [9.17, 15) is 0 Å². The van der Waals surface area contributed by atoms with Gasteiger partial charge in [0.25, 0.3) is 0 Å². The minimum Gasteiger partial charge on any atom is -0.155 e. The molecule has 0 fully saturated rings. The summed E-state index contributed by atoms with van der Waals surface area (Å²) in [5.74, 6) is 1.26. The van der Waals surface area contributed by atoms with E-state index in [0.29, 0.717) is 0 Å². The van der Waals surface area contributed by atoms with Crippen molar-refractivity contribution in [2.45, 2.75) is 31.4 Å². The molecule has 0 heterocycles. The van der Waals surface area contributed by atoms with Crippen molar-refractivity contribution in [3.63, 3.8) is 0 Å². The highest BCUT2D eigenvalue weighted by molar-refractivity contribution is 8.00. The number of hydrogen-bond acceptors (Lipinski definition) is 1. The van der Waals surface area contributed by atoms with Crippen LogP contribution in [0.15, 0.2) is 12.2 Å². The number of thioether (sulfide) groups is 1. The van der Waals surface area contributed by atoms with Crippen molar-refractivity contribution in [1.29, 1.82) is 0 Å². The Balaban J connectivity index is 2.23. The molecule has 0 saturated heterocycles. The van der Waals surface area contributed by atoms with Gasteiger partial charge in [0.15, 0.2) is 0 Å². The zero-order chi connectivity index (χ0) is 6.53. The summed E-state index contributed by atoms with van der Waals surface area (Å²) in [6.07, 6.45) is 8.78. The largest absolute Gasteiger partial charge is 0.155 e. The first-order chi connectivity index (χ1) is 4.43. The van der Waals surface area contributed by atoms with Crippen LogP contribution in [0.1, 0.15) is 26.2 Å². The maximum Gasteiger partial charge on any atom is 0.0227 e. The summed E-state index contributed by atoms with van der Waals surface area (Å²) >= 11 is 2.07. The third-order valence-corrected chi connectivity index (χ3v) is 2.75. The van der Waals surface area contributed by atoms with Gasteiger partial charge in [-0.05, 0) is 25.0 Å². The molecule has 0 nitrogen and oxygen atoms in total. The molecular weight excluding hydrogens is 128 g/mol. The second kappa shape index (κ2) is 3.99. The van der Waals surface area contributed by atoms with Crippen LogP contribution in [0.4, 0.5) is 0 Å². The Labute approximate surface area is 61.7 Å². The first-order valence-electron chi connectivity index (χ1n) is 3.71. The van der Waals surface area contributed by atoms with Gasteiger partial charge in [0.1, 0.15) is 0 Å². The molecule has 0 aromatic carbocycles. The van der Waals surface area contributed by atoms with Crippen LogP contribution >= 0.6 is 11.8 Å². The zero-order valence-electron chi connectivity index (χ0n) is 5.97. The minimum atomic E-state index is 0.837. The Bertz CT molecular complexity index is 96.7. The zero-order valence-corrected chi connectivity index (χ0v) is 6.79. The third-order valence-electron chi connectivity index (χ3n) is 1.59. The predicted molar refractivity (Wildman–Crippen MR) is 44.9 cm³/mol. The van der Waals surface area contributed by atoms with Crippen LogP contribution in [-0.2, 0) is 0 Å². The van der Waals surface area contributed by atoms with Gasteiger partial charge in [-0.25, -0.2) is 0 Å².